The van der Waals surface area contributed by atoms with Crippen molar-refractivity contribution < 1.29 is 4.84 Å². The van der Waals surface area contributed by atoms with Crippen LogP contribution >= 0.6 is 11.6 Å². The minimum Gasteiger partial charge on any atom is -0.384 e. The Morgan fingerprint density at radius 2 is 1.96 bits per heavy atom. The van der Waals surface area contributed by atoms with Gasteiger partial charge in [0.15, 0.2) is 6.23 Å². The number of hydrogen-bond donors (Lipinski definition) is 1. The number of nitrogens with one attached hydrogen (secondary N) is 1. The van der Waals surface area contributed by atoms with Gasteiger partial charge >= 0.3 is 0 Å². The zero-order chi connectivity index (χ0) is 17.1. The first kappa shape index (κ1) is 16.3. The van der Waals surface area contributed by atoms with Gasteiger partial charge in [-0.05, 0) is 42.7 Å². The summed E-state index contributed by atoms with van der Waals surface area (Å²) in [6.45, 7) is 1.87. The largest absolute Gasteiger partial charge is 0.384 e. The number of hydroxylamine groups is 2. The summed E-state index contributed by atoms with van der Waals surface area (Å²) >= 11 is 6.03. The molecule has 1 fully saturated rings. The predicted octanol–water partition coefficient (Wildman–Crippen LogP) is 5.03. The van der Waals surface area contributed by atoms with Crippen molar-refractivity contribution in [3.63, 3.8) is 0 Å². The molecule has 25 heavy (non-hydrogen) atoms. The number of nitrogens with zero attached hydrogens (tertiary/aromatic N) is 2. The minimum absolute atomic E-state index is 0.142. The Morgan fingerprint density at radius 3 is 2.84 bits per heavy atom. The average Bonchev–Trinajstić information content (AvgIpc) is 3.41. The maximum absolute atomic E-state index is 6.03. The molecule has 1 aromatic heterocycles. The van der Waals surface area contributed by atoms with Gasteiger partial charge in [0, 0.05) is 35.4 Å². The fraction of sp³-hybridized carbons (Fsp3) is 0.250. The Kier molecular flexibility index (Phi) is 4.83. The molecule has 0 aliphatic carbocycles. The van der Waals surface area contributed by atoms with Gasteiger partial charge in [0.1, 0.15) is 0 Å². The number of benzene rings is 2. The molecule has 2 atom stereocenters. The third-order valence-electron chi connectivity index (χ3n) is 4.36. The van der Waals surface area contributed by atoms with Gasteiger partial charge in [-0.1, -0.05) is 41.9 Å². The van der Waals surface area contributed by atoms with Gasteiger partial charge in [0.05, 0.1) is 5.52 Å². The van der Waals surface area contributed by atoms with Crippen LogP contribution in [-0.4, -0.2) is 23.1 Å². The lowest BCUT2D eigenvalue weighted by molar-refractivity contribution is 0.196. The standard InChI is InChI=1S/C20H20ClN3O/c21-16-8-9-17-18(10-12-23-19(17)14-16)22-11-4-5-13-24-20(25-24)15-6-2-1-3-7-15/h1-3,6-10,12,14,20H,4-5,11,13H2,(H,22,23). The van der Waals surface area contributed by atoms with E-state index in [-0.39, 0.29) is 6.23 Å². The van der Waals surface area contributed by atoms with Crippen molar-refractivity contribution in [2.45, 2.75) is 19.1 Å². The molecule has 0 bridgehead atoms. The zero-order valence-electron chi connectivity index (χ0n) is 13.9. The molecular formula is C20H20ClN3O. The molecule has 2 aromatic carbocycles. The van der Waals surface area contributed by atoms with E-state index in [9.17, 15) is 0 Å². The number of anilines is 1. The minimum atomic E-state index is 0.142. The first-order valence-electron chi connectivity index (χ1n) is 8.58. The van der Waals surface area contributed by atoms with Crippen LogP contribution in [0.5, 0.6) is 0 Å². The molecule has 5 heteroatoms. The number of hydrogen-bond acceptors (Lipinski definition) is 4. The summed E-state index contributed by atoms with van der Waals surface area (Å²) < 4.78 is 0. The molecule has 128 valence electrons. The molecule has 1 aliphatic heterocycles. The molecule has 4 nitrogen and oxygen atoms in total. The second-order valence-electron chi connectivity index (χ2n) is 6.16. The van der Waals surface area contributed by atoms with Crippen molar-refractivity contribution in [3.8, 4) is 0 Å². The summed E-state index contributed by atoms with van der Waals surface area (Å²) in [4.78, 5) is 10.00. The van der Waals surface area contributed by atoms with Crippen molar-refractivity contribution in [1.82, 2.24) is 10.0 Å². The van der Waals surface area contributed by atoms with Crippen LogP contribution in [-0.2, 0) is 4.84 Å². The van der Waals surface area contributed by atoms with Gasteiger partial charge in [-0.25, -0.2) is 0 Å². The normalized spacial score (nSPS) is 19.1. The second-order valence-corrected chi connectivity index (χ2v) is 6.60. The van der Waals surface area contributed by atoms with E-state index in [0.717, 1.165) is 42.5 Å². The Bertz CT molecular complexity index is 856. The van der Waals surface area contributed by atoms with Crippen molar-refractivity contribution in [1.29, 1.82) is 0 Å². The molecule has 1 aliphatic rings. The van der Waals surface area contributed by atoms with E-state index < -0.39 is 0 Å². The van der Waals surface area contributed by atoms with Crippen LogP contribution in [0.3, 0.4) is 0 Å². The first-order valence-corrected chi connectivity index (χ1v) is 8.95. The number of pyridine rings is 1. The van der Waals surface area contributed by atoms with Crippen molar-refractivity contribution in [2.75, 3.05) is 18.4 Å². The fourth-order valence-electron chi connectivity index (χ4n) is 3.01. The predicted molar refractivity (Wildman–Crippen MR) is 101 cm³/mol. The molecule has 1 N–H and O–H groups in total. The van der Waals surface area contributed by atoms with Gasteiger partial charge in [-0.3, -0.25) is 9.82 Å². The molecule has 4 rings (SSSR count). The monoisotopic (exact) mass is 353 g/mol. The Morgan fingerprint density at radius 1 is 1.08 bits per heavy atom. The Balaban J connectivity index is 1.23. The topological polar surface area (TPSA) is 40.5 Å². The van der Waals surface area contributed by atoms with Crippen molar-refractivity contribution >= 4 is 28.2 Å². The van der Waals surface area contributed by atoms with E-state index in [4.69, 9.17) is 16.4 Å². The van der Waals surface area contributed by atoms with Gasteiger partial charge < -0.3 is 5.32 Å². The van der Waals surface area contributed by atoms with E-state index in [1.807, 2.05) is 53.7 Å². The molecule has 0 saturated carbocycles. The molecule has 1 saturated heterocycles. The highest BCUT2D eigenvalue weighted by Crippen LogP contribution is 2.36. The second kappa shape index (κ2) is 7.40. The summed E-state index contributed by atoms with van der Waals surface area (Å²) in [5.41, 5.74) is 3.25. The average molecular weight is 354 g/mol. The quantitative estimate of drug-likeness (QED) is 0.478. The molecule has 2 unspecified atom stereocenters. The Hall–Kier alpha value is -2.14. The van der Waals surface area contributed by atoms with Gasteiger partial charge in [0.2, 0.25) is 0 Å². The summed E-state index contributed by atoms with van der Waals surface area (Å²) in [5.74, 6) is 0. The maximum atomic E-state index is 6.03. The van der Waals surface area contributed by atoms with Crippen LogP contribution in [0.1, 0.15) is 24.6 Å². The first-order chi connectivity index (χ1) is 12.3. The number of fused-ring (bicyclic) bond motifs is 1. The molecule has 2 heterocycles. The smallest absolute Gasteiger partial charge is 0.179 e. The van der Waals surface area contributed by atoms with Crippen LogP contribution in [0.4, 0.5) is 5.69 Å². The van der Waals surface area contributed by atoms with E-state index in [0.29, 0.717) is 5.02 Å². The highest BCUT2D eigenvalue weighted by Gasteiger charge is 2.36. The lowest BCUT2D eigenvalue weighted by Gasteiger charge is -2.09. The van der Waals surface area contributed by atoms with E-state index >= 15 is 0 Å². The number of aromatic nitrogens is 1. The maximum Gasteiger partial charge on any atom is 0.179 e. The van der Waals surface area contributed by atoms with E-state index in [2.05, 4.69) is 22.4 Å². The number of halogens is 1. The third kappa shape index (κ3) is 3.93. The van der Waals surface area contributed by atoms with Crippen molar-refractivity contribution in [2.24, 2.45) is 0 Å². The highest BCUT2D eigenvalue weighted by molar-refractivity contribution is 6.31. The summed E-state index contributed by atoms with van der Waals surface area (Å²) in [7, 11) is 0. The van der Waals surface area contributed by atoms with Crippen LogP contribution in [0.15, 0.2) is 60.8 Å². The summed E-state index contributed by atoms with van der Waals surface area (Å²) in [6.07, 6.45) is 4.13. The molecular weight excluding hydrogens is 334 g/mol. The molecule has 3 aromatic rings. The fourth-order valence-corrected chi connectivity index (χ4v) is 3.17. The van der Waals surface area contributed by atoms with Crippen LogP contribution < -0.4 is 5.32 Å². The van der Waals surface area contributed by atoms with Crippen LogP contribution in [0, 0.1) is 0 Å². The van der Waals surface area contributed by atoms with Gasteiger partial charge in [-0.2, -0.15) is 5.06 Å². The molecule has 0 amide bonds. The molecule has 0 radical (unpaired) electrons. The number of unbranched alkanes of at least 4 members (excludes halogenated alkanes) is 1. The van der Waals surface area contributed by atoms with Gasteiger partial charge in [0.25, 0.3) is 0 Å². The Labute approximate surface area is 152 Å². The summed E-state index contributed by atoms with van der Waals surface area (Å²) in [6, 6.07) is 18.1. The summed E-state index contributed by atoms with van der Waals surface area (Å²) in [5, 5.41) is 7.36. The SMILES string of the molecule is Clc1ccc2c(NCCCCN3OC3c3ccccc3)ccnc2c1. The van der Waals surface area contributed by atoms with Crippen molar-refractivity contribution in [3.05, 3.63) is 71.4 Å². The van der Waals surface area contributed by atoms with E-state index in [1.54, 1.807) is 0 Å². The zero-order valence-corrected chi connectivity index (χ0v) is 14.6. The third-order valence-corrected chi connectivity index (χ3v) is 4.60. The van der Waals surface area contributed by atoms with Gasteiger partial charge in [-0.15, -0.1) is 0 Å². The lowest BCUT2D eigenvalue weighted by Crippen LogP contribution is -2.06. The highest BCUT2D eigenvalue weighted by atomic mass is 35.5. The van der Waals surface area contributed by atoms with Crippen LogP contribution in [0.2, 0.25) is 5.02 Å². The lowest BCUT2D eigenvalue weighted by atomic mass is 10.2. The molecule has 0 spiro atoms. The number of rotatable bonds is 7. The van der Waals surface area contributed by atoms with Crippen LogP contribution in [0.25, 0.3) is 10.9 Å². The van der Waals surface area contributed by atoms with E-state index in [1.165, 1.54) is 5.56 Å².